The molecule has 4 nitrogen and oxygen atoms in total. The summed E-state index contributed by atoms with van der Waals surface area (Å²) in [7, 11) is 0. The number of hydrogen-bond acceptors (Lipinski definition) is 4. The molecule has 0 saturated carbocycles. The zero-order valence-electron chi connectivity index (χ0n) is 8.08. The van der Waals surface area contributed by atoms with Crippen molar-refractivity contribution in [3.05, 3.63) is 34.6 Å². The lowest BCUT2D eigenvalue weighted by molar-refractivity contribution is 0.628. The standard InChI is InChI=1S/C9H8ClFN4S/c10-6-3-5(1-2-7(6)11)4-16-9-13-8(12)14-15-9/h1-3H,4H2,(H3,12,13,14,15). The molecule has 0 amide bonds. The van der Waals surface area contributed by atoms with Crippen LogP contribution >= 0.6 is 23.4 Å². The number of nitrogens with zero attached hydrogens (tertiary/aromatic N) is 2. The van der Waals surface area contributed by atoms with Crippen molar-refractivity contribution in [1.29, 1.82) is 0 Å². The fourth-order valence-electron chi connectivity index (χ4n) is 1.10. The molecule has 0 saturated heterocycles. The molecular weight excluding hydrogens is 251 g/mol. The Balaban J connectivity index is 2.02. The number of hydrogen-bond donors (Lipinski definition) is 2. The summed E-state index contributed by atoms with van der Waals surface area (Å²) in [6, 6.07) is 4.59. The second-order valence-corrected chi connectivity index (χ2v) is 4.39. The number of thioether (sulfide) groups is 1. The van der Waals surface area contributed by atoms with Gasteiger partial charge in [-0.05, 0) is 17.7 Å². The quantitative estimate of drug-likeness (QED) is 0.830. The fraction of sp³-hybridized carbons (Fsp3) is 0.111. The van der Waals surface area contributed by atoms with Crippen molar-refractivity contribution < 1.29 is 4.39 Å². The molecule has 2 rings (SSSR count). The van der Waals surface area contributed by atoms with Gasteiger partial charge in [0, 0.05) is 5.75 Å². The Hall–Kier alpha value is -1.27. The Kier molecular flexibility index (Phi) is 3.31. The zero-order valence-corrected chi connectivity index (χ0v) is 9.65. The molecule has 0 spiro atoms. The molecule has 0 atom stereocenters. The average Bonchev–Trinajstić information content (AvgIpc) is 2.66. The molecule has 7 heteroatoms. The summed E-state index contributed by atoms with van der Waals surface area (Å²) in [6.07, 6.45) is 0. The van der Waals surface area contributed by atoms with E-state index in [0.29, 0.717) is 10.9 Å². The molecule has 0 aliphatic carbocycles. The van der Waals surface area contributed by atoms with Crippen LogP contribution < -0.4 is 5.73 Å². The van der Waals surface area contributed by atoms with E-state index in [2.05, 4.69) is 15.2 Å². The van der Waals surface area contributed by atoms with Gasteiger partial charge in [-0.3, -0.25) is 0 Å². The number of nitrogens with two attached hydrogens (primary N) is 1. The number of nitrogen functional groups attached to an aromatic ring is 1. The van der Waals surface area contributed by atoms with Crippen LogP contribution in [0.1, 0.15) is 5.56 Å². The molecule has 1 aromatic heterocycles. The highest BCUT2D eigenvalue weighted by Crippen LogP contribution is 2.22. The highest BCUT2D eigenvalue weighted by atomic mass is 35.5. The second kappa shape index (κ2) is 4.71. The van der Waals surface area contributed by atoms with Crippen molar-refractivity contribution in [1.82, 2.24) is 15.2 Å². The maximum atomic E-state index is 12.9. The predicted molar refractivity (Wildman–Crippen MR) is 61.8 cm³/mol. The first-order valence-electron chi connectivity index (χ1n) is 4.40. The van der Waals surface area contributed by atoms with E-state index in [4.69, 9.17) is 17.3 Å². The van der Waals surface area contributed by atoms with Gasteiger partial charge >= 0.3 is 0 Å². The summed E-state index contributed by atoms with van der Waals surface area (Å²) < 4.78 is 12.9. The van der Waals surface area contributed by atoms with Gasteiger partial charge in [-0.15, -0.1) is 5.10 Å². The van der Waals surface area contributed by atoms with E-state index in [1.54, 1.807) is 12.1 Å². The fourth-order valence-corrected chi connectivity index (χ4v) is 2.05. The minimum absolute atomic E-state index is 0.118. The van der Waals surface area contributed by atoms with Crippen molar-refractivity contribution in [2.75, 3.05) is 5.73 Å². The molecular formula is C9H8ClFN4S. The van der Waals surface area contributed by atoms with Gasteiger partial charge in [0.1, 0.15) is 5.82 Å². The molecule has 0 radical (unpaired) electrons. The van der Waals surface area contributed by atoms with E-state index in [-0.39, 0.29) is 11.0 Å². The van der Waals surface area contributed by atoms with E-state index >= 15 is 0 Å². The summed E-state index contributed by atoms with van der Waals surface area (Å²) in [5, 5.41) is 7.07. The van der Waals surface area contributed by atoms with Crippen LogP contribution in [0, 0.1) is 5.82 Å². The van der Waals surface area contributed by atoms with Crippen LogP contribution in [-0.2, 0) is 5.75 Å². The van der Waals surface area contributed by atoms with E-state index in [1.165, 1.54) is 17.8 Å². The zero-order chi connectivity index (χ0) is 11.5. The molecule has 0 fully saturated rings. The summed E-state index contributed by atoms with van der Waals surface area (Å²) in [6.45, 7) is 0. The summed E-state index contributed by atoms with van der Waals surface area (Å²) >= 11 is 7.05. The molecule has 1 heterocycles. The number of H-pyrrole nitrogens is 1. The van der Waals surface area contributed by atoms with Gasteiger partial charge in [-0.25, -0.2) is 9.49 Å². The van der Waals surface area contributed by atoms with Crippen LogP contribution in [0.4, 0.5) is 10.3 Å². The van der Waals surface area contributed by atoms with Gasteiger partial charge in [0.15, 0.2) is 0 Å². The van der Waals surface area contributed by atoms with Crippen molar-refractivity contribution in [2.24, 2.45) is 0 Å². The van der Waals surface area contributed by atoms with Gasteiger partial charge < -0.3 is 5.73 Å². The maximum absolute atomic E-state index is 12.9. The monoisotopic (exact) mass is 258 g/mol. The molecule has 0 aliphatic heterocycles. The van der Waals surface area contributed by atoms with Gasteiger partial charge in [0.25, 0.3) is 0 Å². The first kappa shape index (κ1) is 11.2. The molecule has 1 aromatic carbocycles. The molecule has 16 heavy (non-hydrogen) atoms. The van der Waals surface area contributed by atoms with Crippen LogP contribution in [0.2, 0.25) is 5.02 Å². The predicted octanol–water partition coefficient (Wildman–Crippen LogP) is 2.47. The molecule has 0 aliphatic rings. The minimum atomic E-state index is -0.419. The van der Waals surface area contributed by atoms with Crippen molar-refractivity contribution in [3.8, 4) is 0 Å². The van der Waals surface area contributed by atoms with Crippen LogP contribution in [-0.4, -0.2) is 15.2 Å². The first-order chi connectivity index (χ1) is 7.65. The third-order valence-corrected chi connectivity index (χ3v) is 3.04. The Bertz CT molecular complexity index is 502. The highest BCUT2D eigenvalue weighted by Gasteiger charge is 2.04. The number of anilines is 1. The molecule has 0 unspecified atom stereocenters. The van der Waals surface area contributed by atoms with Gasteiger partial charge in [-0.1, -0.05) is 29.4 Å². The summed E-state index contributed by atoms with van der Waals surface area (Å²) in [4.78, 5) is 3.93. The number of rotatable bonds is 3. The van der Waals surface area contributed by atoms with Crippen molar-refractivity contribution >= 4 is 29.3 Å². The van der Waals surface area contributed by atoms with Crippen LogP contribution in [0.15, 0.2) is 23.4 Å². The number of nitrogens with one attached hydrogen (secondary N) is 1. The molecule has 2 aromatic rings. The number of aromatic nitrogens is 3. The lowest BCUT2D eigenvalue weighted by Crippen LogP contribution is -1.86. The number of halogens is 2. The molecule has 84 valence electrons. The third-order valence-electron chi connectivity index (χ3n) is 1.83. The van der Waals surface area contributed by atoms with Crippen LogP contribution in [0.3, 0.4) is 0 Å². The molecule has 0 bridgehead atoms. The smallest absolute Gasteiger partial charge is 0.216 e. The highest BCUT2D eigenvalue weighted by molar-refractivity contribution is 7.98. The first-order valence-corrected chi connectivity index (χ1v) is 5.76. The van der Waals surface area contributed by atoms with Crippen molar-refractivity contribution in [3.63, 3.8) is 0 Å². The third kappa shape index (κ3) is 2.65. The van der Waals surface area contributed by atoms with E-state index in [0.717, 1.165) is 5.56 Å². The Morgan fingerprint density at radius 3 is 2.94 bits per heavy atom. The van der Waals surface area contributed by atoms with Crippen molar-refractivity contribution in [2.45, 2.75) is 10.9 Å². The van der Waals surface area contributed by atoms with E-state index in [1.807, 2.05) is 0 Å². The maximum Gasteiger partial charge on any atom is 0.216 e. The largest absolute Gasteiger partial charge is 0.368 e. The topological polar surface area (TPSA) is 67.6 Å². The van der Waals surface area contributed by atoms with Crippen LogP contribution in [0.5, 0.6) is 0 Å². The Labute approximate surface area is 100 Å². The number of aromatic amines is 1. The normalized spacial score (nSPS) is 10.6. The van der Waals surface area contributed by atoms with Gasteiger partial charge in [-0.2, -0.15) is 4.98 Å². The van der Waals surface area contributed by atoms with Crippen LogP contribution in [0.25, 0.3) is 0 Å². The molecule has 3 N–H and O–H groups in total. The minimum Gasteiger partial charge on any atom is -0.368 e. The number of benzene rings is 1. The SMILES string of the molecule is Nc1nc(SCc2ccc(F)c(Cl)c2)n[nH]1. The van der Waals surface area contributed by atoms with E-state index in [9.17, 15) is 4.39 Å². The van der Waals surface area contributed by atoms with Gasteiger partial charge in [0.2, 0.25) is 11.1 Å². The summed E-state index contributed by atoms with van der Waals surface area (Å²) in [5.41, 5.74) is 6.28. The summed E-state index contributed by atoms with van der Waals surface area (Å²) in [5.74, 6) is 0.467. The second-order valence-electron chi connectivity index (χ2n) is 3.04. The van der Waals surface area contributed by atoms with E-state index < -0.39 is 5.82 Å². The average molecular weight is 259 g/mol. The Morgan fingerprint density at radius 2 is 2.31 bits per heavy atom. The Morgan fingerprint density at radius 1 is 1.50 bits per heavy atom. The van der Waals surface area contributed by atoms with Gasteiger partial charge in [0.05, 0.1) is 5.02 Å². The lowest BCUT2D eigenvalue weighted by Gasteiger charge is -2.00. The lowest BCUT2D eigenvalue weighted by atomic mass is 10.2.